The van der Waals surface area contributed by atoms with Crippen LogP contribution in [-0.4, -0.2) is 40.1 Å². The smallest absolute Gasteiger partial charge is 0.255 e. The fraction of sp³-hybridized carbons (Fsp3) is 0.538. The van der Waals surface area contributed by atoms with Gasteiger partial charge in [-0.05, 0) is 25.0 Å². The van der Waals surface area contributed by atoms with Crippen LogP contribution in [0.3, 0.4) is 0 Å². The SMILES string of the molecule is O=C(c1cccnc1)N1CCCCCC1CO. The number of likely N-dealkylation sites (tertiary alicyclic amines) is 1. The van der Waals surface area contributed by atoms with Gasteiger partial charge in [0.2, 0.25) is 0 Å². The molecule has 1 amide bonds. The Hall–Kier alpha value is -1.42. The number of aliphatic hydroxyl groups is 1. The van der Waals surface area contributed by atoms with Gasteiger partial charge >= 0.3 is 0 Å². The zero-order valence-electron chi connectivity index (χ0n) is 9.88. The van der Waals surface area contributed by atoms with Crippen LogP contribution in [0.2, 0.25) is 0 Å². The molecule has 1 atom stereocenters. The van der Waals surface area contributed by atoms with Gasteiger partial charge < -0.3 is 10.0 Å². The minimum Gasteiger partial charge on any atom is -0.394 e. The third kappa shape index (κ3) is 2.82. The van der Waals surface area contributed by atoms with E-state index in [0.717, 1.165) is 32.2 Å². The third-order valence-electron chi connectivity index (χ3n) is 3.26. The molecule has 0 aromatic carbocycles. The Balaban J connectivity index is 2.16. The molecule has 0 radical (unpaired) electrons. The van der Waals surface area contributed by atoms with Crippen molar-refractivity contribution in [3.8, 4) is 0 Å². The highest BCUT2D eigenvalue weighted by molar-refractivity contribution is 5.94. The average Bonchev–Trinajstić information content (AvgIpc) is 2.64. The summed E-state index contributed by atoms with van der Waals surface area (Å²) in [5.74, 6) is -0.0148. The number of nitrogens with zero attached hydrogens (tertiary/aromatic N) is 2. The Morgan fingerprint density at radius 1 is 1.47 bits per heavy atom. The van der Waals surface area contributed by atoms with Crippen LogP contribution in [0, 0.1) is 0 Å². The third-order valence-corrected chi connectivity index (χ3v) is 3.26. The van der Waals surface area contributed by atoms with Crippen molar-refractivity contribution in [1.82, 2.24) is 9.88 Å². The molecule has 0 saturated carbocycles. The lowest BCUT2D eigenvalue weighted by Gasteiger charge is -2.28. The zero-order valence-corrected chi connectivity index (χ0v) is 9.88. The molecule has 0 aliphatic carbocycles. The van der Waals surface area contributed by atoms with Crippen molar-refractivity contribution in [3.63, 3.8) is 0 Å². The van der Waals surface area contributed by atoms with E-state index in [1.54, 1.807) is 29.4 Å². The second-order valence-electron chi connectivity index (χ2n) is 4.43. The molecule has 1 N–H and O–H groups in total. The molecule has 1 aromatic heterocycles. The first kappa shape index (κ1) is 12.0. The Morgan fingerprint density at radius 2 is 2.35 bits per heavy atom. The summed E-state index contributed by atoms with van der Waals surface area (Å²) in [7, 11) is 0. The fourth-order valence-corrected chi connectivity index (χ4v) is 2.29. The van der Waals surface area contributed by atoms with Crippen molar-refractivity contribution in [1.29, 1.82) is 0 Å². The Morgan fingerprint density at radius 3 is 3.06 bits per heavy atom. The van der Waals surface area contributed by atoms with Gasteiger partial charge in [0.1, 0.15) is 0 Å². The lowest BCUT2D eigenvalue weighted by molar-refractivity contribution is 0.0599. The topological polar surface area (TPSA) is 53.4 Å². The molecule has 2 rings (SSSR count). The van der Waals surface area contributed by atoms with E-state index in [9.17, 15) is 9.90 Å². The van der Waals surface area contributed by atoms with Crippen molar-refractivity contribution in [2.75, 3.05) is 13.2 Å². The molecule has 4 heteroatoms. The van der Waals surface area contributed by atoms with Crippen molar-refractivity contribution in [2.24, 2.45) is 0 Å². The summed E-state index contributed by atoms with van der Waals surface area (Å²) in [6, 6.07) is 3.50. The lowest BCUT2D eigenvalue weighted by Crippen LogP contribution is -2.42. The number of pyridine rings is 1. The van der Waals surface area contributed by atoms with Gasteiger partial charge in [-0.25, -0.2) is 0 Å². The molecule has 2 heterocycles. The molecule has 0 spiro atoms. The molecule has 1 fully saturated rings. The number of carbonyl (C=O) groups is 1. The zero-order chi connectivity index (χ0) is 12.1. The van der Waals surface area contributed by atoms with Gasteiger partial charge in [0, 0.05) is 18.9 Å². The van der Waals surface area contributed by atoms with E-state index in [1.165, 1.54) is 0 Å². The van der Waals surface area contributed by atoms with Crippen LogP contribution < -0.4 is 0 Å². The summed E-state index contributed by atoms with van der Waals surface area (Å²) in [6.07, 6.45) is 7.37. The van der Waals surface area contributed by atoms with Crippen LogP contribution in [0.5, 0.6) is 0 Å². The summed E-state index contributed by atoms with van der Waals surface area (Å²) in [6.45, 7) is 0.783. The van der Waals surface area contributed by atoms with Crippen LogP contribution in [0.4, 0.5) is 0 Å². The maximum Gasteiger partial charge on any atom is 0.255 e. The molecule has 92 valence electrons. The minimum atomic E-state index is -0.0368. The van der Waals surface area contributed by atoms with Crippen LogP contribution in [-0.2, 0) is 0 Å². The highest BCUT2D eigenvalue weighted by Gasteiger charge is 2.25. The molecule has 1 aliphatic rings. The molecule has 1 unspecified atom stereocenters. The average molecular weight is 234 g/mol. The predicted molar refractivity (Wildman–Crippen MR) is 64.6 cm³/mol. The van der Waals surface area contributed by atoms with Gasteiger partial charge in [-0.15, -0.1) is 0 Å². The number of rotatable bonds is 2. The number of hydrogen-bond donors (Lipinski definition) is 1. The van der Waals surface area contributed by atoms with E-state index in [-0.39, 0.29) is 18.6 Å². The Kier molecular flexibility index (Phi) is 4.09. The monoisotopic (exact) mass is 234 g/mol. The Bertz CT molecular complexity index is 367. The van der Waals surface area contributed by atoms with E-state index in [0.29, 0.717) is 5.56 Å². The molecular weight excluding hydrogens is 216 g/mol. The van der Waals surface area contributed by atoms with Crippen LogP contribution in [0.1, 0.15) is 36.0 Å². The van der Waals surface area contributed by atoms with Crippen LogP contribution >= 0.6 is 0 Å². The first-order chi connectivity index (χ1) is 8.33. The number of carbonyl (C=O) groups excluding carboxylic acids is 1. The van der Waals surface area contributed by atoms with Gasteiger partial charge in [-0.3, -0.25) is 9.78 Å². The second-order valence-corrected chi connectivity index (χ2v) is 4.43. The van der Waals surface area contributed by atoms with E-state index in [4.69, 9.17) is 0 Å². The molecule has 1 aliphatic heterocycles. The van der Waals surface area contributed by atoms with Gasteiger partial charge in [-0.1, -0.05) is 12.8 Å². The molecule has 17 heavy (non-hydrogen) atoms. The summed E-state index contributed by atoms with van der Waals surface area (Å²) in [5, 5.41) is 9.37. The molecule has 1 aromatic rings. The van der Waals surface area contributed by atoms with E-state index in [2.05, 4.69) is 4.98 Å². The highest BCUT2D eigenvalue weighted by Crippen LogP contribution is 2.18. The normalized spacial score (nSPS) is 21.0. The van der Waals surface area contributed by atoms with E-state index in [1.807, 2.05) is 0 Å². The second kappa shape index (κ2) is 5.77. The predicted octanol–water partition coefficient (Wildman–Crippen LogP) is 1.46. The van der Waals surface area contributed by atoms with Crippen molar-refractivity contribution in [3.05, 3.63) is 30.1 Å². The Labute approximate surface area is 101 Å². The van der Waals surface area contributed by atoms with E-state index >= 15 is 0 Å². The summed E-state index contributed by atoms with van der Waals surface area (Å²) < 4.78 is 0. The van der Waals surface area contributed by atoms with Gasteiger partial charge in [0.25, 0.3) is 5.91 Å². The van der Waals surface area contributed by atoms with E-state index < -0.39 is 0 Å². The van der Waals surface area contributed by atoms with Gasteiger partial charge in [-0.2, -0.15) is 0 Å². The quantitative estimate of drug-likeness (QED) is 0.842. The summed E-state index contributed by atoms with van der Waals surface area (Å²) in [4.78, 5) is 18.1. The van der Waals surface area contributed by atoms with Crippen LogP contribution in [0.25, 0.3) is 0 Å². The molecular formula is C13H18N2O2. The lowest BCUT2D eigenvalue weighted by atomic mass is 10.1. The maximum absolute atomic E-state index is 12.3. The standard InChI is InChI=1S/C13H18N2O2/c16-10-12-6-2-1-3-8-15(12)13(17)11-5-4-7-14-9-11/h4-5,7,9,12,16H,1-3,6,8,10H2. The molecule has 4 nitrogen and oxygen atoms in total. The molecule has 0 bridgehead atoms. The largest absolute Gasteiger partial charge is 0.394 e. The minimum absolute atomic E-state index is 0.0148. The number of hydrogen-bond acceptors (Lipinski definition) is 3. The van der Waals surface area contributed by atoms with Gasteiger partial charge in [0.15, 0.2) is 0 Å². The van der Waals surface area contributed by atoms with Crippen molar-refractivity contribution >= 4 is 5.91 Å². The first-order valence-corrected chi connectivity index (χ1v) is 6.15. The summed E-state index contributed by atoms with van der Waals surface area (Å²) >= 11 is 0. The number of aliphatic hydroxyl groups excluding tert-OH is 1. The van der Waals surface area contributed by atoms with Gasteiger partial charge in [0.05, 0.1) is 18.2 Å². The maximum atomic E-state index is 12.3. The number of amides is 1. The first-order valence-electron chi connectivity index (χ1n) is 6.15. The summed E-state index contributed by atoms with van der Waals surface area (Å²) in [5.41, 5.74) is 0.604. The number of aromatic nitrogens is 1. The fourth-order valence-electron chi connectivity index (χ4n) is 2.29. The van der Waals surface area contributed by atoms with Crippen LogP contribution in [0.15, 0.2) is 24.5 Å². The van der Waals surface area contributed by atoms with Crippen molar-refractivity contribution < 1.29 is 9.90 Å². The molecule has 1 saturated heterocycles. The van der Waals surface area contributed by atoms with Crippen molar-refractivity contribution in [2.45, 2.75) is 31.7 Å². The highest BCUT2D eigenvalue weighted by atomic mass is 16.3.